The van der Waals surface area contributed by atoms with Gasteiger partial charge in [-0.2, -0.15) is 0 Å². The molecule has 0 aromatic heterocycles. The highest BCUT2D eigenvalue weighted by molar-refractivity contribution is 6.52. The molecule has 17 heavy (non-hydrogen) atoms. The molecule has 0 saturated carbocycles. The Morgan fingerprint density at radius 3 is 2.71 bits per heavy atom. The minimum atomic E-state index is -0.491. The van der Waals surface area contributed by atoms with Crippen LogP contribution in [-0.2, 0) is 4.79 Å². The molecule has 1 unspecified atom stereocenters. The minimum Gasteiger partial charge on any atom is -0.396 e. The molecule has 1 aliphatic heterocycles. The van der Waals surface area contributed by atoms with Gasteiger partial charge in [0.05, 0.1) is 11.3 Å². The molecular formula is C13H15NO3. The van der Waals surface area contributed by atoms with Crippen LogP contribution >= 0.6 is 0 Å². The number of aryl methyl sites for hydroxylation is 1. The average Bonchev–Trinajstić information content (AvgIpc) is 2.56. The molecule has 0 spiro atoms. The zero-order chi connectivity index (χ0) is 12.6. The maximum absolute atomic E-state index is 11.9. The Balaban J connectivity index is 2.43. The van der Waals surface area contributed by atoms with Gasteiger partial charge in [0, 0.05) is 13.2 Å². The highest BCUT2D eigenvalue weighted by Crippen LogP contribution is 2.32. The summed E-state index contributed by atoms with van der Waals surface area (Å²) in [5.41, 5.74) is 2.08. The van der Waals surface area contributed by atoms with E-state index in [-0.39, 0.29) is 12.5 Å². The number of aliphatic hydroxyl groups is 1. The number of ketones is 1. The molecule has 2 rings (SSSR count). The highest BCUT2D eigenvalue weighted by Gasteiger charge is 2.36. The summed E-state index contributed by atoms with van der Waals surface area (Å²) in [6.07, 6.45) is 0. The topological polar surface area (TPSA) is 57.6 Å². The minimum absolute atomic E-state index is 0.000809. The Kier molecular flexibility index (Phi) is 2.98. The number of amides is 1. The lowest BCUT2D eigenvalue weighted by molar-refractivity contribution is -0.114. The van der Waals surface area contributed by atoms with Gasteiger partial charge in [-0.05, 0) is 24.5 Å². The summed E-state index contributed by atoms with van der Waals surface area (Å²) in [5.74, 6) is -0.985. The van der Waals surface area contributed by atoms with E-state index in [1.165, 1.54) is 4.90 Å². The van der Waals surface area contributed by atoms with Crippen LogP contribution in [0.3, 0.4) is 0 Å². The van der Waals surface area contributed by atoms with Crippen molar-refractivity contribution >= 4 is 17.4 Å². The highest BCUT2D eigenvalue weighted by atomic mass is 16.3. The van der Waals surface area contributed by atoms with Crippen molar-refractivity contribution in [3.05, 3.63) is 29.3 Å². The van der Waals surface area contributed by atoms with Crippen molar-refractivity contribution in [2.24, 2.45) is 5.92 Å². The molecule has 1 atom stereocenters. The van der Waals surface area contributed by atoms with E-state index in [0.29, 0.717) is 17.8 Å². The summed E-state index contributed by atoms with van der Waals surface area (Å²) in [6, 6.07) is 5.33. The fourth-order valence-electron chi connectivity index (χ4n) is 2.08. The number of anilines is 1. The number of nitrogens with zero attached hydrogens (tertiary/aromatic N) is 1. The van der Waals surface area contributed by atoms with Crippen LogP contribution in [0, 0.1) is 12.8 Å². The zero-order valence-electron chi connectivity index (χ0n) is 9.93. The molecule has 1 heterocycles. The van der Waals surface area contributed by atoms with Gasteiger partial charge < -0.3 is 10.0 Å². The van der Waals surface area contributed by atoms with Crippen LogP contribution in [0.2, 0.25) is 0 Å². The number of benzene rings is 1. The number of carbonyl (C=O) groups excluding carboxylic acids is 2. The van der Waals surface area contributed by atoms with Crippen molar-refractivity contribution in [3.63, 3.8) is 0 Å². The third-order valence-electron chi connectivity index (χ3n) is 3.00. The first-order valence-corrected chi connectivity index (χ1v) is 5.63. The standard InChI is InChI=1S/C13H15NO3/c1-8(7-15)6-14-11-9(2)4-3-5-10(11)12(16)13(14)17/h3-5,8,15H,6-7H2,1-2H3. The number of carbonyl (C=O) groups is 2. The van der Waals surface area contributed by atoms with Crippen LogP contribution in [0.5, 0.6) is 0 Å². The Morgan fingerprint density at radius 1 is 1.35 bits per heavy atom. The second-order valence-electron chi connectivity index (χ2n) is 4.50. The van der Waals surface area contributed by atoms with E-state index < -0.39 is 11.7 Å². The van der Waals surface area contributed by atoms with Gasteiger partial charge in [-0.3, -0.25) is 9.59 Å². The Morgan fingerprint density at radius 2 is 2.06 bits per heavy atom. The molecule has 0 aliphatic carbocycles. The molecule has 0 bridgehead atoms. The Bertz CT molecular complexity index is 482. The first-order valence-electron chi connectivity index (χ1n) is 5.63. The molecule has 0 saturated heterocycles. The van der Waals surface area contributed by atoms with E-state index in [1.807, 2.05) is 19.9 Å². The maximum atomic E-state index is 11.9. The van der Waals surface area contributed by atoms with Gasteiger partial charge in [0.15, 0.2) is 0 Å². The Hall–Kier alpha value is -1.68. The smallest absolute Gasteiger partial charge is 0.299 e. The fraction of sp³-hybridized carbons (Fsp3) is 0.385. The molecule has 1 aliphatic rings. The third kappa shape index (κ3) is 1.85. The van der Waals surface area contributed by atoms with Crippen molar-refractivity contribution in [2.45, 2.75) is 13.8 Å². The van der Waals surface area contributed by atoms with E-state index in [1.54, 1.807) is 12.1 Å². The first kappa shape index (κ1) is 11.8. The molecule has 4 heteroatoms. The van der Waals surface area contributed by atoms with Gasteiger partial charge in [0.2, 0.25) is 0 Å². The van der Waals surface area contributed by atoms with Gasteiger partial charge in [-0.15, -0.1) is 0 Å². The van der Waals surface area contributed by atoms with Crippen LogP contribution in [0.4, 0.5) is 5.69 Å². The zero-order valence-corrected chi connectivity index (χ0v) is 9.93. The van der Waals surface area contributed by atoms with Crippen LogP contribution in [-0.4, -0.2) is 29.9 Å². The summed E-state index contributed by atoms with van der Waals surface area (Å²) in [6.45, 7) is 4.09. The number of fused-ring (bicyclic) bond motifs is 1. The Labute approximate surface area is 99.9 Å². The fourth-order valence-corrected chi connectivity index (χ4v) is 2.08. The number of para-hydroxylation sites is 1. The van der Waals surface area contributed by atoms with Crippen molar-refractivity contribution in [1.82, 2.24) is 0 Å². The average molecular weight is 233 g/mol. The summed E-state index contributed by atoms with van der Waals surface area (Å²) in [7, 11) is 0. The molecule has 1 aromatic carbocycles. The van der Waals surface area contributed by atoms with E-state index in [9.17, 15) is 9.59 Å². The quantitative estimate of drug-likeness (QED) is 0.797. The molecule has 4 nitrogen and oxygen atoms in total. The molecule has 0 radical (unpaired) electrons. The van der Waals surface area contributed by atoms with Gasteiger partial charge in [0.1, 0.15) is 0 Å². The van der Waals surface area contributed by atoms with E-state index >= 15 is 0 Å². The van der Waals surface area contributed by atoms with Gasteiger partial charge in [-0.1, -0.05) is 19.1 Å². The van der Waals surface area contributed by atoms with Crippen LogP contribution in [0.15, 0.2) is 18.2 Å². The van der Waals surface area contributed by atoms with Crippen molar-refractivity contribution in [1.29, 1.82) is 0 Å². The molecular weight excluding hydrogens is 218 g/mol. The lowest BCUT2D eigenvalue weighted by Gasteiger charge is -2.21. The second-order valence-corrected chi connectivity index (χ2v) is 4.50. The molecule has 1 N–H and O–H groups in total. The van der Waals surface area contributed by atoms with Crippen LogP contribution < -0.4 is 4.90 Å². The van der Waals surface area contributed by atoms with E-state index in [4.69, 9.17) is 5.11 Å². The predicted octanol–water partition coefficient (Wildman–Crippen LogP) is 1.15. The third-order valence-corrected chi connectivity index (χ3v) is 3.00. The number of hydrogen-bond donors (Lipinski definition) is 1. The number of Topliss-reactive ketones (excluding diaryl/α,β-unsaturated/α-hetero) is 1. The second kappa shape index (κ2) is 4.30. The largest absolute Gasteiger partial charge is 0.396 e. The summed E-state index contributed by atoms with van der Waals surface area (Å²) in [5, 5.41) is 9.04. The van der Waals surface area contributed by atoms with Gasteiger partial charge in [0.25, 0.3) is 11.7 Å². The van der Waals surface area contributed by atoms with Crippen molar-refractivity contribution in [2.75, 3.05) is 18.1 Å². The molecule has 0 fully saturated rings. The van der Waals surface area contributed by atoms with Crippen LogP contribution in [0.1, 0.15) is 22.8 Å². The molecule has 1 aromatic rings. The normalized spacial score (nSPS) is 16.3. The summed E-state index contributed by atoms with van der Waals surface area (Å²) in [4.78, 5) is 25.1. The summed E-state index contributed by atoms with van der Waals surface area (Å²) < 4.78 is 0. The van der Waals surface area contributed by atoms with E-state index in [2.05, 4.69) is 0 Å². The van der Waals surface area contributed by atoms with Crippen LogP contribution in [0.25, 0.3) is 0 Å². The molecule has 1 amide bonds. The van der Waals surface area contributed by atoms with Gasteiger partial charge >= 0.3 is 0 Å². The SMILES string of the molecule is Cc1cccc2c1N(CC(C)CO)C(=O)C2=O. The lowest BCUT2D eigenvalue weighted by atomic mass is 10.1. The first-order chi connectivity index (χ1) is 8.06. The van der Waals surface area contributed by atoms with E-state index in [0.717, 1.165) is 5.56 Å². The maximum Gasteiger partial charge on any atom is 0.299 e. The lowest BCUT2D eigenvalue weighted by Crippen LogP contribution is -2.34. The number of hydrogen-bond acceptors (Lipinski definition) is 3. The number of rotatable bonds is 3. The molecule has 90 valence electrons. The van der Waals surface area contributed by atoms with Gasteiger partial charge in [-0.25, -0.2) is 0 Å². The number of aliphatic hydroxyl groups excluding tert-OH is 1. The van der Waals surface area contributed by atoms with Crippen molar-refractivity contribution in [3.8, 4) is 0 Å². The predicted molar refractivity (Wildman–Crippen MR) is 64.1 cm³/mol. The monoisotopic (exact) mass is 233 g/mol. The summed E-state index contributed by atoms with van der Waals surface area (Å²) >= 11 is 0. The van der Waals surface area contributed by atoms with Crippen molar-refractivity contribution < 1.29 is 14.7 Å².